The highest BCUT2D eigenvalue weighted by atomic mass is 16.5. The third-order valence-electron chi connectivity index (χ3n) is 6.57. The number of pyridine rings is 1. The molecule has 166 valence electrons. The summed E-state index contributed by atoms with van der Waals surface area (Å²) in [6.07, 6.45) is 7.57. The first-order valence-corrected chi connectivity index (χ1v) is 11.6. The molecular weight excluding hydrogens is 390 g/mol. The largest absolute Gasteiger partial charge is 0.452 e. The summed E-state index contributed by atoms with van der Waals surface area (Å²) in [7, 11) is 0. The third-order valence-corrected chi connectivity index (χ3v) is 6.57. The van der Waals surface area contributed by atoms with Crippen molar-refractivity contribution < 1.29 is 14.3 Å². The lowest BCUT2D eigenvalue weighted by atomic mass is 9.95. The fraction of sp³-hybridized carbons (Fsp3) is 0.560. The van der Waals surface area contributed by atoms with Gasteiger partial charge in [-0.3, -0.25) is 14.7 Å². The van der Waals surface area contributed by atoms with E-state index in [4.69, 9.17) is 9.72 Å². The van der Waals surface area contributed by atoms with Crippen molar-refractivity contribution in [2.75, 3.05) is 13.2 Å². The van der Waals surface area contributed by atoms with Gasteiger partial charge in [0.1, 0.15) is 0 Å². The number of carbonyl (C=O) groups excluding carboxylic acids is 2. The van der Waals surface area contributed by atoms with E-state index in [1.165, 1.54) is 12.8 Å². The number of carbonyl (C=O) groups is 2. The minimum atomic E-state index is -0.434. The van der Waals surface area contributed by atoms with Crippen LogP contribution < -0.4 is 5.32 Å². The van der Waals surface area contributed by atoms with Gasteiger partial charge in [0.15, 0.2) is 6.61 Å². The highest BCUT2D eigenvalue weighted by molar-refractivity contribution is 6.05. The zero-order valence-electron chi connectivity index (χ0n) is 18.7. The van der Waals surface area contributed by atoms with Gasteiger partial charge in [0.25, 0.3) is 5.91 Å². The maximum atomic E-state index is 13.2. The van der Waals surface area contributed by atoms with Crippen LogP contribution in [0.25, 0.3) is 10.9 Å². The van der Waals surface area contributed by atoms with Gasteiger partial charge in [-0.15, -0.1) is 0 Å². The summed E-state index contributed by atoms with van der Waals surface area (Å²) in [6.45, 7) is 5.68. The van der Waals surface area contributed by atoms with Crippen molar-refractivity contribution in [3.63, 3.8) is 0 Å². The second kappa shape index (κ2) is 9.77. The van der Waals surface area contributed by atoms with Crippen molar-refractivity contribution in [1.29, 1.82) is 0 Å². The lowest BCUT2D eigenvalue weighted by molar-refractivity contribution is -0.125. The fourth-order valence-electron chi connectivity index (χ4n) is 4.78. The molecule has 6 nitrogen and oxygen atoms in total. The lowest BCUT2D eigenvalue weighted by Crippen LogP contribution is -2.38. The van der Waals surface area contributed by atoms with Gasteiger partial charge in [-0.25, -0.2) is 4.79 Å². The number of nitrogens with zero attached hydrogens (tertiary/aromatic N) is 2. The number of aromatic nitrogens is 1. The van der Waals surface area contributed by atoms with Crippen molar-refractivity contribution in [3.05, 3.63) is 41.1 Å². The molecule has 0 bridgehead atoms. The number of esters is 1. The zero-order valence-corrected chi connectivity index (χ0v) is 18.7. The second-order valence-electron chi connectivity index (χ2n) is 9.08. The molecule has 1 amide bonds. The Balaban J connectivity index is 1.53. The Morgan fingerprint density at radius 3 is 2.65 bits per heavy atom. The summed E-state index contributed by atoms with van der Waals surface area (Å²) in [4.78, 5) is 32.8. The van der Waals surface area contributed by atoms with Crippen LogP contribution in [0.15, 0.2) is 24.3 Å². The second-order valence-corrected chi connectivity index (χ2v) is 9.08. The minimum absolute atomic E-state index is 0.197. The Morgan fingerprint density at radius 2 is 1.90 bits per heavy atom. The monoisotopic (exact) mass is 423 g/mol. The number of amides is 1. The number of hydrogen-bond acceptors (Lipinski definition) is 5. The fourth-order valence-corrected chi connectivity index (χ4v) is 4.78. The molecular formula is C25H33N3O3. The predicted octanol–water partition coefficient (Wildman–Crippen LogP) is 4.00. The molecule has 0 atom stereocenters. The summed E-state index contributed by atoms with van der Waals surface area (Å²) in [5.41, 5.74) is 3.26. The first-order valence-electron chi connectivity index (χ1n) is 11.6. The van der Waals surface area contributed by atoms with Gasteiger partial charge in [0, 0.05) is 48.2 Å². The molecule has 1 aromatic carbocycles. The molecule has 1 aliphatic heterocycles. The van der Waals surface area contributed by atoms with Crippen molar-refractivity contribution in [2.24, 2.45) is 0 Å². The van der Waals surface area contributed by atoms with Crippen molar-refractivity contribution >= 4 is 22.8 Å². The van der Waals surface area contributed by atoms with Crippen LogP contribution in [0.2, 0.25) is 0 Å². The van der Waals surface area contributed by atoms with E-state index in [1.54, 1.807) is 0 Å². The van der Waals surface area contributed by atoms with E-state index in [0.717, 1.165) is 60.8 Å². The van der Waals surface area contributed by atoms with Crippen molar-refractivity contribution in [1.82, 2.24) is 15.2 Å². The number of rotatable bonds is 5. The Labute approximate surface area is 184 Å². The maximum Gasteiger partial charge on any atom is 0.339 e. The molecule has 0 spiro atoms. The number of benzene rings is 1. The van der Waals surface area contributed by atoms with Crippen LogP contribution in [0.3, 0.4) is 0 Å². The molecule has 2 aromatic rings. The number of fused-ring (bicyclic) bond motifs is 2. The van der Waals surface area contributed by atoms with E-state index >= 15 is 0 Å². The predicted molar refractivity (Wildman–Crippen MR) is 121 cm³/mol. The summed E-state index contributed by atoms with van der Waals surface area (Å²) in [6, 6.07) is 8.27. The van der Waals surface area contributed by atoms with E-state index in [1.807, 2.05) is 24.3 Å². The van der Waals surface area contributed by atoms with Crippen molar-refractivity contribution in [2.45, 2.75) is 77.4 Å². The van der Waals surface area contributed by atoms with Gasteiger partial charge in [-0.1, -0.05) is 43.9 Å². The van der Waals surface area contributed by atoms with E-state index in [9.17, 15) is 9.59 Å². The van der Waals surface area contributed by atoms with Gasteiger partial charge in [-0.05, 0) is 32.8 Å². The molecule has 0 unspecified atom stereocenters. The van der Waals surface area contributed by atoms with E-state index in [-0.39, 0.29) is 18.6 Å². The smallest absolute Gasteiger partial charge is 0.339 e. The first-order chi connectivity index (χ1) is 15.0. The van der Waals surface area contributed by atoms with Crippen LogP contribution in [0, 0.1) is 0 Å². The summed E-state index contributed by atoms with van der Waals surface area (Å²) >= 11 is 0. The van der Waals surface area contributed by atoms with Crippen LogP contribution in [-0.2, 0) is 22.5 Å². The first kappa shape index (κ1) is 21.8. The molecule has 0 radical (unpaired) electrons. The number of ether oxygens (including phenoxy) is 1. The van der Waals surface area contributed by atoms with Crippen LogP contribution in [-0.4, -0.2) is 47.0 Å². The molecule has 6 heteroatoms. The van der Waals surface area contributed by atoms with E-state index in [2.05, 4.69) is 24.1 Å². The highest BCUT2D eigenvalue weighted by Crippen LogP contribution is 2.29. The lowest BCUT2D eigenvalue weighted by Gasteiger charge is -2.32. The Kier molecular flexibility index (Phi) is 6.86. The van der Waals surface area contributed by atoms with Crippen molar-refractivity contribution in [3.8, 4) is 0 Å². The zero-order chi connectivity index (χ0) is 21.8. The molecule has 1 aromatic heterocycles. The van der Waals surface area contributed by atoms with E-state index in [0.29, 0.717) is 18.2 Å². The molecule has 0 saturated heterocycles. The molecule has 2 aliphatic rings. The Morgan fingerprint density at radius 1 is 1.16 bits per heavy atom. The molecule has 4 rings (SSSR count). The normalized spacial score (nSPS) is 17.9. The Hall–Kier alpha value is -2.47. The summed E-state index contributed by atoms with van der Waals surface area (Å²) in [5.74, 6) is -0.646. The Bertz CT molecular complexity index is 948. The molecule has 1 N–H and O–H groups in total. The maximum absolute atomic E-state index is 13.2. The van der Waals surface area contributed by atoms with Gasteiger partial charge in [0.05, 0.1) is 11.1 Å². The molecule has 31 heavy (non-hydrogen) atoms. The summed E-state index contributed by atoms with van der Waals surface area (Å²) in [5, 5.41) is 3.84. The van der Waals surface area contributed by atoms with E-state index < -0.39 is 5.97 Å². The molecule has 1 fully saturated rings. The SMILES string of the molecule is CC(C)N1CCc2nc3ccccc3c(C(=O)OCC(=O)NC3CCCCCC3)c2C1. The standard InChI is InChI=1S/C25H33N3O3/c1-17(2)28-14-13-22-20(15-28)24(19-11-7-8-12-21(19)27-22)25(30)31-16-23(29)26-18-9-5-3-4-6-10-18/h7-8,11-12,17-18H,3-6,9-10,13-16H2,1-2H3,(H,26,29). The van der Waals surface area contributed by atoms with Gasteiger partial charge in [-0.2, -0.15) is 0 Å². The molecule has 1 saturated carbocycles. The molecule has 1 aliphatic carbocycles. The van der Waals surface area contributed by atoms with Gasteiger partial charge in [0.2, 0.25) is 0 Å². The average Bonchev–Trinajstić information content (AvgIpc) is 3.04. The minimum Gasteiger partial charge on any atom is -0.452 e. The number of nitrogens with one attached hydrogen (secondary N) is 1. The average molecular weight is 424 g/mol. The van der Waals surface area contributed by atoms with Crippen LogP contribution in [0.1, 0.15) is 74.0 Å². The quantitative estimate of drug-likeness (QED) is 0.581. The molecule has 2 heterocycles. The van der Waals surface area contributed by atoms with Gasteiger partial charge >= 0.3 is 5.97 Å². The van der Waals surface area contributed by atoms with Crippen LogP contribution in [0.4, 0.5) is 0 Å². The number of hydrogen-bond donors (Lipinski definition) is 1. The summed E-state index contributed by atoms with van der Waals surface area (Å²) < 4.78 is 5.54. The van der Waals surface area contributed by atoms with Crippen LogP contribution >= 0.6 is 0 Å². The highest BCUT2D eigenvalue weighted by Gasteiger charge is 2.28. The third kappa shape index (κ3) is 5.06. The topological polar surface area (TPSA) is 71.5 Å². The van der Waals surface area contributed by atoms with Crippen LogP contribution in [0.5, 0.6) is 0 Å². The number of para-hydroxylation sites is 1. The van der Waals surface area contributed by atoms with Gasteiger partial charge < -0.3 is 10.1 Å².